The number of halogens is 2. The number of rotatable bonds is 4. The van der Waals surface area contributed by atoms with Gasteiger partial charge in [-0.3, -0.25) is 0 Å². The van der Waals surface area contributed by atoms with Gasteiger partial charge in [0.15, 0.2) is 0 Å². The zero-order chi connectivity index (χ0) is 14.7. The normalized spacial score (nSPS) is 14.1. The third-order valence-corrected chi connectivity index (χ3v) is 4.40. The van der Waals surface area contributed by atoms with Crippen LogP contribution < -0.4 is 5.32 Å². The maximum absolute atomic E-state index is 6.32. The van der Waals surface area contributed by atoms with E-state index in [-0.39, 0.29) is 12.1 Å². The van der Waals surface area contributed by atoms with Gasteiger partial charge in [0.1, 0.15) is 0 Å². The standard InChI is InChI=1S/C17H19BrClN/c1-11-6-4-5-7-15(11)12(2)20-13(3)16-9-8-14(18)10-17(16)19/h4-10,12-13,20H,1-3H3/t12-,13?/m0/s1. The van der Waals surface area contributed by atoms with Crippen LogP contribution in [0.4, 0.5) is 0 Å². The first-order chi connectivity index (χ1) is 9.49. The molecule has 106 valence electrons. The topological polar surface area (TPSA) is 12.0 Å². The molecule has 0 spiro atoms. The monoisotopic (exact) mass is 351 g/mol. The van der Waals surface area contributed by atoms with Crippen LogP contribution in [0.15, 0.2) is 46.9 Å². The number of aryl methyl sites for hydroxylation is 1. The second-order valence-corrected chi connectivity index (χ2v) is 6.46. The summed E-state index contributed by atoms with van der Waals surface area (Å²) < 4.78 is 1.01. The third kappa shape index (κ3) is 3.63. The Labute approximate surface area is 134 Å². The van der Waals surface area contributed by atoms with Gasteiger partial charge in [-0.2, -0.15) is 0 Å². The van der Waals surface area contributed by atoms with Crippen molar-refractivity contribution in [3.8, 4) is 0 Å². The average Bonchev–Trinajstić information content (AvgIpc) is 2.38. The van der Waals surface area contributed by atoms with Gasteiger partial charge >= 0.3 is 0 Å². The van der Waals surface area contributed by atoms with Crippen molar-refractivity contribution < 1.29 is 0 Å². The van der Waals surface area contributed by atoms with Gasteiger partial charge in [-0.25, -0.2) is 0 Å². The number of nitrogens with one attached hydrogen (secondary N) is 1. The Hall–Kier alpha value is -0.830. The highest BCUT2D eigenvalue weighted by molar-refractivity contribution is 9.10. The Bertz CT molecular complexity index is 597. The van der Waals surface area contributed by atoms with Crippen molar-refractivity contribution in [1.29, 1.82) is 0 Å². The van der Waals surface area contributed by atoms with Gasteiger partial charge in [-0.15, -0.1) is 0 Å². The molecule has 0 bridgehead atoms. The summed E-state index contributed by atoms with van der Waals surface area (Å²) in [5.74, 6) is 0. The fourth-order valence-corrected chi connectivity index (χ4v) is 3.32. The minimum Gasteiger partial charge on any atom is -0.304 e. The molecule has 1 unspecified atom stereocenters. The molecule has 0 amide bonds. The van der Waals surface area contributed by atoms with Gasteiger partial charge in [0, 0.05) is 21.6 Å². The van der Waals surface area contributed by atoms with Crippen LogP contribution in [-0.2, 0) is 0 Å². The lowest BCUT2D eigenvalue weighted by atomic mass is 10.0. The van der Waals surface area contributed by atoms with E-state index >= 15 is 0 Å². The minimum atomic E-state index is 0.199. The Morgan fingerprint density at radius 3 is 2.30 bits per heavy atom. The van der Waals surface area contributed by atoms with Crippen LogP contribution in [0.25, 0.3) is 0 Å². The summed E-state index contributed by atoms with van der Waals surface area (Å²) in [4.78, 5) is 0. The number of hydrogen-bond donors (Lipinski definition) is 1. The predicted molar refractivity (Wildman–Crippen MR) is 90.3 cm³/mol. The van der Waals surface area contributed by atoms with Crippen LogP contribution in [0.2, 0.25) is 5.02 Å². The molecule has 1 nitrogen and oxygen atoms in total. The summed E-state index contributed by atoms with van der Waals surface area (Å²) in [5.41, 5.74) is 3.75. The van der Waals surface area contributed by atoms with Gasteiger partial charge in [-0.05, 0) is 49.6 Å². The van der Waals surface area contributed by atoms with Gasteiger partial charge in [0.05, 0.1) is 0 Å². The third-order valence-electron chi connectivity index (χ3n) is 3.58. The first-order valence-corrected chi connectivity index (χ1v) is 7.92. The van der Waals surface area contributed by atoms with Crippen molar-refractivity contribution in [1.82, 2.24) is 5.32 Å². The van der Waals surface area contributed by atoms with Crippen molar-refractivity contribution in [2.24, 2.45) is 0 Å². The first-order valence-electron chi connectivity index (χ1n) is 6.75. The molecular weight excluding hydrogens is 334 g/mol. The lowest BCUT2D eigenvalue weighted by Gasteiger charge is -2.23. The van der Waals surface area contributed by atoms with E-state index in [2.05, 4.69) is 72.3 Å². The lowest BCUT2D eigenvalue weighted by molar-refractivity contribution is 0.493. The molecule has 0 saturated carbocycles. The molecule has 0 aromatic heterocycles. The van der Waals surface area contributed by atoms with E-state index in [9.17, 15) is 0 Å². The highest BCUT2D eigenvalue weighted by atomic mass is 79.9. The molecule has 2 aromatic carbocycles. The van der Waals surface area contributed by atoms with Crippen LogP contribution >= 0.6 is 27.5 Å². The molecule has 2 aromatic rings. The summed E-state index contributed by atoms with van der Waals surface area (Å²) in [6.07, 6.45) is 0. The van der Waals surface area contributed by atoms with Gasteiger partial charge in [0.2, 0.25) is 0 Å². The molecule has 0 radical (unpaired) electrons. The Morgan fingerprint density at radius 2 is 1.65 bits per heavy atom. The van der Waals surface area contributed by atoms with Crippen molar-refractivity contribution in [3.63, 3.8) is 0 Å². The van der Waals surface area contributed by atoms with Crippen molar-refractivity contribution in [2.45, 2.75) is 32.9 Å². The zero-order valence-corrected chi connectivity index (χ0v) is 14.3. The number of benzene rings is 2. The Morgan fingerprint density at radius 1 is 1.00 bits per heavy atom. The SMILES string of the molecule is Cc1ccccc1[C@H](C)NC(C)c1ccc(Br)cc1Cl. The average molecular weight is 353 g/mol. The molecule has 20 heavy (non-hydrogen) atoms. The molecule has 3 heteroatoms. The largest absolute Gasteiger partial charge is 0.304 e. The maximum Gasteiger partial charge on any atom is 0.0464 e. The molecule has 0 saturated heterocycles. The second-order valence-electron chi connectivity index (χ2n) is 5.13. The van der Waals surface area contributed by atoms with Gasteiger partial charge in [-0.1, -0.05) is 57.9 Å². The molecule has 0 aliphatic carbocycles. The molecule has 2 atom stereocenters. The van der Waals surface area contributed by atoms with Crippen LogP contribution in [-0.4, -0.2) is 0 Å². The van der Waals surface area contributed by atoms with Gasteiger partial charge in [0.25, 0.3) is 0 Å². The van der Waals surface area contributed by atoms with E-state index in [1.165, 1.54) is 11.1 Å². The molecule has 0 fully saturated rings. The highest BCUT2D eigenvalue weighted by Gasteiger charge is 2.14. The Balaban J connectivity index is 2.15. The first kappa shape index (κ1) is 15.6. The smallest absolute Gasteiger partial charge is 0.0464 e. The lowest BCUT2D eigenvalue weighted by Crippen LogP contribution is -2.23. The predicted octanol–water partition coefficient (Wildman–Crippen LogP) is 5.82. The zero-order valence-electron chi connectivity index (χ0n) is 12.0. The molecule has 0 heterocycles. The summed E-state index contributed by atoms with van der Waals surface area (Å²) in [6.45, 7) is 6.47. The van der Waals surface area contributed by atoms with E-state index in [0.29, 0.717) is 0 Å². The molecule has 2 rings (SSSR count). The van der Waals surface area contributed by atoms with E-state index in [1.54, 1.807) is 0 Å². The highest BCUT2D eigenvalue weighted by Crippen LogP contribution is 2.28. The number of hydrogen-bond acceptors (Lipinski definition) is 1. The Kier molecular flexibility index (Phi) is 5.25. The van der Waals surface area contributed by atoms with E-state index in [0.717, 1.165) is 15.1 Å². The molecule has 0 aliphatic rings. The van der Waals surface area contributed by atoms with Crippen LogP contribution in [0.5, 0.6) is 0 Å². The quantitative estimate of drug-likeness (QED) is 0.730. The van der Waals surface area contributed by atoms with Crippen molar-refractivity contribution in [3.05, 3.63) is 68.7 Å². The maximum atomic E-state index is 6.32. The second kappa shape index (κ2) is 6.75. The summed E-state index contributed by atoms with van der Waals surface area (Å²) >= 11 is 9.75. The molecule has 0 aliphatic heterocycles. The van der Waals surface area contributed by atoms with E-state index in [1.807, 2.05) is 12.1 Å². The van der Waals surface area contributed by atoms with Crippen LogP contribution in [0.1, 0.15) is 42.6 Å². The van der Waals surface area contributed by atoms with Crippen molar-refractivity contribution in [2.75, 3.05) is 0 Å². The summed E-state index contributed by atoms with van der Waals surface area (Å²) in [5, 5.41) is 4.40. The molecular formula is C17H19BrClN. The fourth-order valence-electron chi connectivity index (χ4n) is 2.48. The van der Waals surface area contributed by atoms with Gasteiger partial charge < -0.3 is 5.32 Å². The minimum absolute atomic E-state index is 0.199. The van der Waals surface area contributed by atoms with E-state index < -0.39 is 0 Å². The summed E-state index contributed by atoms with van der Waals surface area (Å²) in [7, 11) is 0. The van der Waals surface area contributed by atoms with E-state index in [4.69, 9.17) is 11.6 Å². The van der Waals surface area contributed by atoms with Crippen molar-refractivity contribution >= 4 is 27.5 Å². The molecule has 1 N–H and O–H groups in total. The van der Waals surface area contributed by atoms with Crippen LogP contribution in [0.3, 0.4) is 0 Å². The van der Waals surface area contributed by atoms with Crippen LogP contribution in [0, 0.1) is 6.92 Å². The fraction of sp³-hybridized carbons (Fsp3) is 0.294. The summed E-state index contributed by atoms with van der Waals surface area (Å²) in [6, 6.07) is 15.0.